The van der Waals surface area contributed by atoms with Crippen LogP contribution in [0.15, 0.2) is 36.5 Å². The first-order valence-corrected chi connectivity index (χ1v) is 8.11. The number of nitrogens with zero attached hydrogens (tertiary/aromatic N) is 2. The van der Waals surface area contributed by atoms with E-state index in [0.29, 0.717) is 12.1 Å². The minimum absolute atomic E-state index is 0.366. The minimum atomic E-state index is 0.366. The van der Waals surface area contributed by atoms with Crippen LogP contribution in [0.3, 0.4) is 0 Å². The fraction of sp³-hybridized carbons (Fsp3) is 0.500. The third-order valence-corrected chi connectivity index (χ3v) is 4.61. The number of hydrogen-bond acceptors (Lipinski definition) is 2. The van der Waals surface area contributed by atoms with Gasteiger partial charge in [0.2, 0.25) is 0 Å². The lowest BCUT2D eigenvalue weighted by molar-refractivity contribution is 0.346. The molecule has 1 aromatic heterocycles. The van der Waals surface area contributed by atoms with Crippen molar-refractivity contribution in [1.82, 2.24) is 15.1 Å². The Balaban J connectivity index is 1.75. The van der Waals surface area contributed by atoms with Gasteiger partial charge < -0.3 is 5.32 Å². The molecule has 2 aromatic rings. The Morgan fingerprint density at radius 1 is 1.14 bits per heavy atom. The maximum absolute atomic E-state index is 4.58. The summed E-state index contributed by atoms with van der Waals surface area (Å²) >= 11 is 0. The quantitative estimate of drug-likeness (QED) is 0.913. The fourth-order valence-corrected chi connectivity index (χ4v) is 3.39. The smallest absolute Gasteiger partial charge is 0.0648 e. The van der Waals surface area contributed by atoms with Crippen LogP contribution in [0, 0.1) is 6.92 Å². The molecule has 1 aromatic carbocycles. The lowest BCUT2D eigenvalue weighted by atomic mass is 9.94. The van der Waals surface area contributed by atoms with Crippen molar-refractivity contribution in [2.45, 2.75) is 58.0 Å². The second-order valence-electron chi connectivity index (χ2n) is 6.16. The molecule has 0 radical (unpaired) electrons. The highest BCUT2D eigenvalue weighted by Crippen LogP contribution is 2.24. The van der Waals surface area contributed by atoms with Gasteiger partial charge in [0.25, 0.3) is 0 Å². The minimum Gasteiger partial charge on any atom is -0.307 e. The van der Waals surface area contributed by atoms with E-state index in [1.54, 1.807) is 0 Å². The van der Waals surface area contributed by atoms with Gasteiger partial charge in [0.05, 0.1) is 11.9 Å². The standard InChI is InChI=1S/C18H25N3/c1-14(20-16-9-5-3-6-10-16)18-13-19-21(15(18)2)17-11-7-4-8-12-17/h4,7-8,11-14,16,20H,3,5-6,9-10H2,1-2H3/t14-/m0/s1. The molecule has 1 aliphatic rings. The van der Waals surface area contributed by atoms with E-state index in [-0.39, 0.29) is 0 Å². The van der Waals surface area contributed by atoms with Gasteiger partial charge in [0.15, 0.2) is 0 Å². The van der Waals surface area contributed by atoms with Gasteiger partial charge in [-0.2, -0.15) is 5.10 Å². The van der Waals surface area contributed by atoms with Gasteiger partial charge in [-0.3, -0.25) is 0 Å². The molecule has 0 bridgehead atoms. The molecule has 0 amide bonds. The predicted molar refractivity (Wildman–Crippen MR) is 86.7 cm³/mol. The Labute approximate surface area is 127 Å². The Kier molecular flexibility index (Phi) is 4.39. The molecule has 0 saturated heterocycles. The maximum Gasteiger partial charge on any atom is 0.0648 e. The zero-order chi connectivity index (χ0) is 14.7. The summed E-state index contributed by atoms with van der Waals surface area (Å²) in [7, 11) is 0. The second kappa shape index (κ2) is 6.44. The summed E-state index contributed by atoms with van der Waals surface area (Å²) < 4.78 is 2.04. The number of hydrogen-bond donors (Lipinski definition) is 1. The molecule has 0 unspecified atom stereocenters. The number of nitrogens with one attached hydrogen (secondary N) is 1. The summed E-state index contributed by atoms with van der Waals surface area (Å²) in [6.45, 7) is 4.42. The van der Waals surface area contributed by atoms with Crippen molar-refractivity contribution in [3.8, 4) is 5.69 Å². The van der Waals surface area contributed by atoms with E-state index in [9.17, 15) is 0 Å². The number of rotatable bonds is 4. The molecule has 3 rings (SSSR count). The van der Waals surface area contributed by atoms with Crippen LogP contribution in [-0.4, -0.2) is 15.8 Å². The first-order valence-electron chi connectivity index (χ1n) is 8.11. The molecule has 0 spiro atoms. The summed E-state index contributed by atoms with van der Waals surface area (Å²) in [4.78, 5) is 0. The molecule has 1 saturated carbocycles. The van der Waals surface area contributed by atoms with Crippen LogP contribution < -0.4 is 5.32 Å². The molecule has 1 aliphatic carbocycles. The van der Waals surface area contributed by atoms with Crippen molar-refractivity contribution >= 4 is 0 Å². The summed E-state index contributed by atoms with van der Waals surface area (Å²) in [5.74, 6) is 0. The van der Waals surface area contributed by atoms with E-state index in [1.165, 1.54) is 43.4 Å². The van der Waals surface area contributed by atoms with Gasteiger partial charge >= 0.3 is 0 Å². The Morgan fingerprint density at radius 2 is 1.86 bits per heavy atom. The van der Waals surface area contributed by atoms with E-state index in [2.05, 4.69) is 48.5 Å². The van der Waals surface area contributed by atoms with Crippen LogP contribution in [0.25, 0.3) is 5.69 Å². The Bertz CT molecular complexity index is 567. The first kappa shape index (κ1) is 14.3. The zero-order valence-corrected chi connectivity index (χ0v) is 13.0. The maximum atomic E-state index is 4.58. The van der Waals surface area contributed by atoms with Gasteiger partial charge in [-0.15, -0.1) is 0 Å². The van der Waals surface area contributed by atoms with E-state index < -0.39 is 0 Å². The molecule has 0 aliphatic heterocycles. The van der Waals surface area contributed by atoms with Crippen LogP contribution >= 0.6 is 0 Å². The molecule has 1 atom stereocenters. The largest absolute Gasteiger partial charge is 0.307 e. The highest BCUT2D eigenvalue weighted by Gasteiger charge is 2.19. The summed E-state index contributed by atoms with van der Waals surface area (Å²) in [6.07, 6.45) is 8.78. The average Bonchev–Trinajstić information content (AvgIpc) is 2.91. The Morgan fingerprint density at radius 3 is 2.57 bits per heavy atom. The van der Waals surface area contributed by atoms with E-state index in [4.69, 9.17) is 0 Å². The lowest BCUT2D eigenvalue weighted by Crippen LogP contribution is -2.33. The van der Waals surface area contributed by atoms with Crippen LogP contribution in [-0.2, 0) is 0 Å². The van der Waals surface area contributed by atoms with E-state index in [1.807, 2.05) is 16.9 Å². The van der Waals surface area contributed by atoms with Crippen molar-refractivity contribution < 1.29 is 0 Å². The predicted octanol–water partition coefficient (Wildman–Crippen LogP) is 4.16. The number of aromatic nitrogens is 2. The topological polar surface area (TPSA) is 29.9 Å². The highest BCUT2D eigenvalue weighted by atomic mass is 15.3. The molecule has 112 valence electrons. The van der Waals surface area contributed by atoms with Crippen LogP contribution in [0.5, 0.6) is 0 Å². The molecular formula is C18H25N3. The number of para-hydroxylation sites is 1. The van der Waals surface area contributed by atoms with Crippen molar-refractivity contribution in [2.75, 3.05) is 0 Å². The van der Waals surface area contributed by atoms with Crippen molar-refractivity contribution in [2.24, 2.45) is 0 Å². The molecule has 1 heterocycles. The van der Waals surface area contributed by atoms with Crippen molar-refractivity contribution in [3.63, 3.8) is 0 Å². The number of benzene rings is 1. The lowest BCUT2D eigenvalue weighted by Gasteiger charge is -2.26. The van der Waals surface area contributed by atoms with E-state index >= 15 is 0 Å². The summed E-state index contributed by atoms with van der Waals surface area (Å²) in [6, 6.07) is 11.4. The second-order valence-corrected chi connectivity index (χ2v) is 6.16. The molecule has 1 fully saturated rings. The molecule has 3 nitrogen and oxygen atoms in total. The van der Waals surface area contributed by atoms with Gasteiger partial charge in [0, 0.05) is 23.3 Å². The van der Waals surface area contributed by atoms with Crippen LogP contribution in [0.1, 0.15) is 56.3 Å². The first-order chi connectivity index (χ1) is 10.3. The molecule has 21 heavy (non-hydrogen) atoms. The third kappa shape index (κ3) is 3.18. The van der Waals surface area contributed by atoms with E-state index in [0.717, 1.165) is 5.69 Å². The van der Waals surface area contributed by atoms with Crippen molar-refractivity contribution in [3.05, 3.63) is 47.8 Å². The van der Waals surface area contributed by atoms with Crippen LogP contribution in [0.4, 0.5) is 0 Å². The zero-order valence-electron chi connectivity index (χ0n) is 13.0. The monoisotopic (exact) mass is 283 g/mol. The van der Waals surface area contributed by atoms with Gasteiger partial charge in [-0.1, -0.05) is 37.5 Å². The molecule has 3 heteroatoms. The molecular weight excluding hydrogens is 258 g/mol. The third-order valence-electron chi connectivity index (χ3n) is 4.61. The van der Waals surface area contributed by atoms with Crippen molar-refractivity contribution in [1.29, 1.82) is 0 Å². The summed E-state index contributed by atoms with van der Waals surface area (Å²) in [5.41, 5.74) is 3.67. The molecule has 1 N–H and O–H groups in total. The SMILES string of the molecule is Cc1c([C@H](C)NC2CCCCC2)cnn1-c1ccccc1. The van der Waals surface area contributed by atoms with Gasteiger partial charge in [-0.25, -0.2) is 4.68 Å². The fourth-order valence-electron chi connectivity index (χ4n) is 3.39. The average molecular weight is 283 g/mol. The summed E-state index contributed by atoms with van der Waals surface area (Å²) in [5, 5.41) is 8.36. The highest BCUT2D eigenvalue weighted by molar-refractivity contribution is 5.35. The normalized spacial score (nSPS) is 17.8. The van der Waals surface area contributed by atoms with Gasteiger partial charge in [0.1, 0.15) is 0 Å². The van der Waals surface area contributed by atoms with Gasteiger partial charge in [-0.05, 0) is 38.8 Å². The van der Waals surface area contributed by atoms with Crippen LogP contribution in [0.2, 0.25) is 0 Å². The Hall–Kier alpha value is -1.61.